The summed E-state index contributed by atoms with van der Waals surface area (Å²) in [5.74, 6) is -0.345. The number of para-hydroxylation sites is 1. The molecule has 6 nitrogen and oxygen atoms in total. The van der Waals surface area contributed by atoms with Crippen molar-refractivity contribution >= 4 is 28.4 Å². The quantitative estimate of drug-likeness (QED) is 0.747. The van der Waals surface area contributed by atoms with Crippen molar-refractivity contribution < 1.29 is 14.7 Å². The van der Waals surface area contributed by atoms with E-state index in [4.69, 9.17) is 0 Å². The van der Waals surface area contributed by atoms with E-state index in [1.807, 2.05) is 43.3 Å². The normalized spacial score (nSPS) is 14.6. The second-order valence-corrected chi connectivity index (χ2v) is 7.06. The van der Waals surface area contributed by atoms with Crippen LogP contribution in [0.5, 0.6) is 5.75 Å². The van der Waals surface area contributed by atoms with Crippen LogP contribution in [-0.2, 0) is 4.79 Å². The first kappa shape index (κ1) is 18.0. The number of pyridine rings is 1. The lowest BCUT2D eigenvalue weighted by molar-refractivity contribution is -0.120. The standard InChI is InChI=1S/C22H21N3O3/c1-14-12-15(2)21(27)20-17(14)8-9-18(23-20)22(28)24-10-11-25(19(26)13-24)16-6-4-3-5-7-16/h3-9,12,27H,10-11,13H2,1-2H3. The Hall–Kier alpha value is -3.41. The zero-order valence-corrected chi connectivity index (χ0v) is 15.8. The van der Waals surface area contributed by atoms with Gasteiger partial charge in [-0.1, -0.05) is 30.3 Å². The van der Waals surface area contributed by atoms with Crippen LogP contribution in [0.4, 0.5) is 5.69 Å². The highest BCUT2D eigenvalue weighted by atomic mass is 16.3. The van der Waals surface area contributed by atoms with E-state index >= 15 is 0 Å². The fourth-order valence-electron chi connectivity index (χ4n) is 3.62. The fourth-order valence-corrected chi connectivity index (χ4v) is 3.62. The number of anilines is 1. The topological polar surface area (TPSA) is 73.7 Å². The predicted octanol–water partition coefficient (Wildman–Crippen LogP) is 3.05. The van der Waals surface area contributed by atoms with Gasteiger partial charge in [0.05, 0.1) is 0 Å². The first-order chi connectivity index (χ1) is 13.5. The van der Waals surface area contributed by atoms with Crippen molar-refractivity contribution in [1.29, 1.82) is 0 Å². The number of carbonyl (C=O) groups excluding carboxylic acids is 2. The Bertz CT molecular complexity index is 1080. The van der Waals surface area contributed by atoms with Crippen molar-refractivity contribution in [1.82, 2.24) is 9.88 Å². The first-order valence-corrected chi connectivity index (χ1v) is 9.20. The molecule has 2 aromatic carbocycles. The molecule has 0 saturated carbocycles. The molecule has 3 aromatic rings. The number of amides is 2. The Morgan fingerprint density at radius 2 is 1.79 bits per heavy atom. The van der Waals surface area contributed by atoms with Crippen molar-refractivity contribution in [3.8, 4) is 5.75 Å². The van der Waals surface area contributed by atoms with Crippen molar-refractivity contribution in [2.75, 3.05) is 24.5 Å². The molecule has 142 valence electrons. The molecule has 1 N–H and O–H groups in total. The number of aryl methyl sites for hydroxylation is 2. The van der Waals surface area contributed by atoms with E-state index in [-0.39, 0.29) is 29.8 Å². The van der Waals surface area contributed by atoms with Crippen LogP contribution < -0.4 is 4.90 Å². The highest BCUT2D eigenvalue weighted by Gasteiger charge is 2.29. The monoisotopic (exact) mass is 375 g/mol. The summed E-state index contributed by atoms with van der Waals surface area (Å²) in [5.41, 5.74) is 3.18. The number of fused-ring (bicyclic) bond motifs is 1. The molecule has 1 saturated heterocycles. The molecule has 1 aliphatic heterocycles. The van der Waals surface area contributed by atoms with Crippen molar-refractivity contribution in [2.24, 2.45) is 0 Å². The molecule has 1 fully saturated rings. The number of aromatic hydroxyl groups is 1. The Morgan fingerprint density at radius 3 is 2.50 bits per heavy atom. The molecule has 6 heteroatoms. The van der Waals surface area contributed by atoms with E-state index in [0.717, 1.165) is 16.6 Å². The first-order valence-electron chi connectivity index (χ1n) is 9.20. The number of nitrogens with zero attached hydrogens (tertiary/aromatic N) is 3. The Balaban J connectivity index is 1.59. The summed E-state index contributed by atoms with van der Waals surface area (Å²) < 4.78 is 0. The van der Waals surface area contributed by atoms with E-state index in [2.05, 4.69) is 4.98 Å². The van der Waals surface area contributed by atoms with Gasteiger partial charge in [-0.05, 0) is 43.2 Å². The zero-order valence-electron chi connectivity index (χ0n) is 15.8. The molecule has 28 heavy (non-hydrogen) atoms. The number of phenols is 1. The summed E-state index contributed by atoms with van der Waals surface area (Å²) in [5, 5.41) is 11.2. The predicted molar refractivity (Wildman–Crippen MR) is 108 cm³/mol. The fraction of sp³-hybridized carbons (Fsp3) is 0.227. The zero-order chi connectivity index (χ0) is 19.8. The third-order valence-corrected chi connectivity index (χ3v) is 5.15. The van der Waals surface area contributed by atoms with Crippen molar-refractivity contribution in [3.05, 3.63) is 65.4 Å². The maximum absolute atomic E-state index is 12.9. The van der Waals surface area contributed by atoms with Gasteiger partial charge in [0.2, 0.25) is 5.91 Å². The number of benzene rings is 2. The second kappa shape index (κ2) is 6.96. The van der Waals surface area contributed by atoms with Gasteiger partial charge in [-0.2, -0.15) is 0 Å². The number of rotatable bonds is 2. The van der Waals surface area contributed by atoms with Crippen LogP contribution in [-0.4, -0.2) is 46.4 Å². The maximum atomic E-state index is 12.9. The summed E-state index contributed by atoms with van der Waals surface area (Å²) >= 11 is 0. The van der Waals surface area contributed by atoms with E-state index in [0.29, 0.717) is 24.2 Å². The summed E-state index contributed by atoms with van der Waals surface area (Å²) in [7, 11) is 0. The minimum Gasteiger partial charge on any atom is -0.505 e. The van der Waals surface area contributed by atoms with Gasteiger partial charge in [-0.15, -0.1) is 0 Å². The smallest absolute Gasteiger partial charge is 0.273 e. The number of carbonyl (C=O) groups is 2. The third-order valence-electron chi connectivity index (χ3n) is 5.15. The molecule has 0 radical (unpaired) electrons. The molecule has 0 aliphatic carbocycles. The number of hydrogen-bond acceptors (Lipinski definition) is 4. The molecule has 0 spiro atoms. The van der Waals surface area contributed by atoms with Gasteiger partial charge >= 0.3 is 0 Å². The van der Waals surface area contributed by atoms with E-state index in [9.17, 15) is 14.7 Å². The van der Waals surface area contributed by atoms with Gasteiger partial charge < -0.3 is 14.9 Å². The lowest BCUT2D eigenvalue weighted by Crippen LogP contribution is -2.52. The summed E-state index contributed by atoms with van der Waals surface area (Å²) in [6, 6.07) is 14.8. The van der Waals surface area contributed by atoms with Crippen LogP contribution in [0.1, 0.15) is 21.6 Å². The lowest BCUT2D eigenvalue weighted by atomic mass is 10.0. The Morgan fingerprint density at radius 1 is 1.04 bits per heavy atom. The Labute approximate surface area is 163 Å². The molecular formula is C22H21N3O3. The molecule has 0 unspecified atom stereocenters. The SMILES string of the molecule is Cc1cc(C)c2ccc(C(=O)N3CCN(c4ccccc4)C(=O)C3)nc2c1O. The van der Waals surface area contributed by atoms with Crippen molar-refractivity contribution in [2.45, 2.75) is 13.8 Å². The molecule has 4 rings (SSSR count). The van der Waals surface area contributed by atoms with E-state index < -0.39 is 0 Å². The molecule has 1 aromatic heterocycles. The average Bonchev–Trinajstić information content (AvgIpc) is 2.71. The van der Waals surface area contributed by atoms with Crippen LogP contribution in [0.15, 0.2) is 48.5 Å². The number of hydrogen-bond donors (Lipinski definition) is 1. The van der Waals surface area contributed by atoms with Crippen LogP contribution in [0, 0.1) is 13.8 Å². The van der Waals surface area contributed by atoms with E-state index in [1.165, 1.54) is 4.90 Å². The molecule has 2 heterocycles. The third kappa shape index (κ3) is 3.07. The summed E-state index contributed by atoms with van der Waals surface area (Å²) in [6.45, 7) is 4.62. The number of phenolic OH excluding ortho intramolecular Hbond substituents is 1. The molecule has 1 aliphatic rings. The van der Waals surface area contributed by atoms with Crippen LogP contribution in [0.3, 0.4) is 0 Å². The van der Waals surface area contributed by atoms with Gasteiger partial charge in [-0.3, -0.25) is 9.59 Å². The molecule has 0 atom stereocenters. The van der Waals surface area contributed by atoms with Crippen LogP contribution in [0.25, 0.3) is 10.9 Å². The molecular weight excluding hydrogens is 354 g/mol. The molecule has 0 bridgehead atoms. The van der Waals surface area contributed by atoms with Gasteiger partial charge in [-0.25, -0.2) is 4.98 Å². The van der Waals surface area contributed by atoms with Crippen molar-refractivity contribution in [3.63, 3.8) is 0 Å². The van der Waals surface area contributed by atoms with Gasteiger partial charge in [0.25, 0.3) is 5.91 Å². The summed E-state index contributed by atoms with van der Waals surface area (Å²) in [4.78, 5) is 33.1. The highest BCUT2D eigenvalue weighted by Crippen LogP contribution is 2.30. The highest BCUT2D eigenvalue weighted by molar-refractivity contribution is 6.02. The minimum absolute atomic E-state index is 0.00622. The second-order valence-electron chi connectivity index (χ2n) is 7.06. The molecule has 2 amide bonds. The largest absolute Gasteiger partial charge is 0.505 e. The van der Waals surface area contributed by atoms with Gasteiger partial charge in [0, 0.05) is 24.2 Å². The van der Waals surface area contributed by atoms with E-state index in [1.54, 1.807) is 24.0 Å². The minimum atomic E-state index is -0.304. The average molecular weight is 375 g/mol. The number of aromatic nitrogens is 1. The number of piperazine rings is 1. The van der Waals surface area contributed by atoms with Crippen LogP contribution >= 0.6 is 0 Å². The Kier molecular flexibility index (Phi) is 4.47. The van der Waals surface area contributed by atoms with Gasteiger partial charge in [0.15, 0.2) is 0 Å². The summed E-state index contributed by atoms with van der Waals surface area (Å²) in [6.07, 6.45) is 0. The van der Waals surface area contributed by atoms with Gasteiger partial charge in [0.1, 0.15) is 23.5 Å². The lowest BCUT2D eigenvalue weighted by Gasteiger charge is -2.34. The maximum Gasteiger partial charge on any atom is 0.273 e. The van der Waals surface area contributed by atoms with Crippen LogP contribution in [0.2, 0.25) is 0 Å².